The molecule has 2 aromatic rings. The van der Waals surface area contributed by atoms with Crippen molar-refractivity contribution in [3.05, 3.63) is 53.6 Å². The molecule has 2 N–H and O–H groups in total. The van der Waals surface area contributed by atoms with Crippen molar-refractivity contribution in [1.82, 2.24) is 10.6 Å². The van der Waals surface area contributed by atoms with Crippen LogP contribution in [0.4, 0.5) is 5.69 Å². The van der Waals surface area contributed by atoms with Crippen molar-refractivity contribution in [3.8, 4) is 11.5 Å². The molecule has 0 aromatic heterocycles. The van der Waals surface area contributed by atoms with E-state index in [1.165, 1.54) is 0 Å². The molecule has 0 radical (unpaired) electrons. The predicted molar refractivity (Wildman–Crippen MR) is 115 cm³/mol. The Hall–Kier alpha value is -3.22. The summed E-state index contributed by atoms with van der Waals surface area (Å²) >= 11 is 0. The Morgan fingerprint density at radius 1 is 1.24 bits per heavy atom. The number of rotatable bonds is 7. The van der Waals surface area contributed by atoms with Gasteiger partial charge in [0.15, 0.2) is 12.6 Å². The number of aliphatic imine (C=N–C) groups is 1. The molecule has 0 saturated heterocycles. The van der Waals surface area contributed by atoms with Crippen LogP contribution in [-0.2, 0) is 11.3 Å². The van der Waals surface area contributed by atoms with E-state index in [9.17, 15) is 4.79 Å². The first-order valence-electron chi connectivity index (χ1n) is 9.72. The lowest BCUT2D eigenvalue weighted by molar-refractivity contribution is -0.121. The second-order valence-electron chi connectivity index (χ2n) is 6.82. The molecule has 7 nitrogen and oxygen atoms in total. The number of hydrogen-bond donors (Lipinski definition) is 2. The highest BCUT2D eigenvalue weighted by Crippen LogP contribution is 2.31. The van der Waals surface area contributed by atoms with E-state index >= 15 is 0 Å². The molecular formula is C22H28N4O3. The molecule has 1 amide bonds. The maximum Gasteiger partial charge on any atom is 0.265 e. The number of amides is 1. The molecule has 154 valence electrons. The normalized spacial score (nSPS) is 13.6. The zero-order chi connectivity index (χ0) is 20.6. The number of hydrogen-bond acceptors (Lipinski definition) is 4. The molecule has 3 rings (SSSR count). The van der Waals surface area contributed by atoms with Gasteiger partial charge in [-0.2, -0.15) is 0 Å². The number of fused-ring (bicyclic) bond motifs is 1. The van der Waals surface area contributed by atoms with Crippen LogP contribution in [0.1, 0.15) is 17.5 Å². The lowest BCUT2D eigenvalue weighted by atomic mass is 10.1. The highest BCUT2D eigenvalue weighted by atomic mass is 16.5. The first-order valence-corrected chi connectivity index (χ1v) is 9.72. The number of nitrogens with zero attached hydrogens (tertiary/aromatic N) is 2. The summed E-state index contributed by atoms with van der Waals surface area (Å²) < 4.78 is 10.9. The van der Waals surface area contributed by atoms with Gasteiger partial charge < -0.3 is 25.0 Å². The number of carbonyl (C=O) groups excluding carboxylic acids is 1. The molecule has 1 aliphatic heterocycles. The van der Waals surface area contributed by atoms with Crippen molar-refractivity contribution in [1.29, 1.82) is 0 Å². The number of guanidine groups is 1. The van der Waals surface area contributed by atoms with Crippen LogP contribution in [0.3, 0.4) is 0 Å². The zero-order valence-corrected chi connectivity index (χ0v) is 17.2. The highest BCUT2D eigenvalue weighted by Gasteiger charge is 2.24. The lowest BCUT2D eigenvalue weighted by Crippen LogP contribution is -2.42. The molecule has 0 aliphatic carbocycles. The average Bonchev–Trinajstić information content (AvgIpc) is 2.75. The Kier molecular flexibility index (Phi) is 6.94. The number of methoxy groups -OCH3 is 1. The molecule has 1 heterocycles. The van der Waals surface area contributed by atoms with Crippen molar-refractivity contribution in [3.63, 3.8) is 0 Å². The minimum atomic E-state index is -0.0160. The molecule has 7 heteroatoms. The van der Waals surface area contributed by atoms with Crippen LogP contribution in [0, 0.1) is 6.92 Å². The van der Waals surface area contributed by atoms with Gasteiger partial charge in [-0.3, -0.25) is 9.79 Å². The summed E-state index contributed by atoms with van der Waals surface area (Å²) in [6, 6.07) is 13.8. The van der Waals surface area contributed by atoms with E-state index in [0.29, 0.717) is 25.6 Å². The van der Waals surface area contributed by atoms with Crippen molar-refractivity contribution in [2.45, 2.75) is 19.9 Å². The van der Waals surface area contributed by atoms with E-state index in [4.69, 9.17) is 9.47 Å². The van der Waals surface area contributed by atoms with Crippen LogP contribution in [0.5, 0.6) is 11.5 Å². The highest BCUT2D eigenvalue weighted by molar-refractivity contribution is 5.97. The van der Waals surface area contributed by atoms with Crippen LogP contribution in [-0.4, -0.2) is 45.7 Å². The molecule has 0 unspecified atom stereocenters. The largest absolute Gasteiger partial charge is 0.496 e. The fraction of sp³-hybridized carbons (Fsp3) is 0.364. The van der Waals surface area contributed by atoms with Crippen LogP contribution in [0.2, 0.25) is 0 Å². The van der Waals surface area contributed by atoms with Crippen LogP contribution >= 0.6 is 0 Å². The van der Waals surface area contributed by atoms with Crippen molar-refractivity contribution in [2.75, 3.05) is 38.8 Å². The molecule has 0 atom stereocenters. The Bertz CT molecular complexity index is 882. The zero-order valence-electron chi connectivity index (χ0n) is 17.2. The topological polar surface area (TPSA) is 75.2 Å². The summed E-state index contributed by atoms with van der Waals surface area (Å²) in [5, 5.41) is 6.60. The van der Waals surface area contributed by atoms with Gasteiger partial charge in [0, 0.05) is 32.2 Å². The quantitative estimate of drug-likeness (QED) is 0.427. The van der Waals surface area contributed by atoms with Gasteiger partial charge in [0.1, 0.15) is 11.5 Å². The number of anilines is 1. The minimum absolute atomic E-state index is 0.0160. The third kappa shape index (κ3) is 5.19. The Morgan fingerprint density at radius 3 is 2.86 bits per heavy atom. The number of ether oxygens (including phenoxy) is 2. The van der Waals surface area contributed by atoms with Gasteiger partial charge in [-0.25, -0.2) is 0 Å². The standard InChI is InChI=1S/C22H28N4O3/c1-16-9-10-17(20(13-16)28-3)14-25-22(23-2)24-11-6-12-26-18-7-4-5-8-19(18)29-15-21(26)27/h4-5,7-10,13H,6,11-12,14-15H2,1-3H3,(H2,23,24,25). The van der Waals surface area contributed by atoms with Crippen LogP contribution < -0.4 is 25.0 Å². The van der Waals surface area contributed by atoms with Crippen molar-refractivity contribution in [2.24, 2.45) is 4.99 Å². The molecular weight excluding hydrogens is 368 g/mol. The maximum absolute atomic E-state index is 12.2. The number of aryl methyl sites for hydroxylation is 1. The summed E-state index contributed by atoms with van der Waals surface area (Å²) in [6.45, 7) is 4.05. The number of nitrogens with one attached hydrogen (secondary N) is 2. The van der Waals surface area contributed by atoms with E-state index in [0.717, 1.165) is 34.7 Å². The fourth-order valence-electron chi connectivity index (χ4n) is 3.24. The van der Waals surface area contributed by atoms with Crippen molar-refractivity contribution >= 4 is 17.6 Å². The van der Waals surface area contributed by atoms with Gasteiger partial charge in [0.2, 0.25) is 0 Å². The monoisotopic (exact) mass is 396 g/mol. The second-order valence-corrected chi connectivity index (χ2v) is 6.82. The lowest BCUT2D eigenvalue weighted by Gasteiger charge is -2.29. The van der Waals surface area contributed by atoms with Crippen LogP contribution in [0.25, 0.3) is 0 Å². The number of para-hydroxylation sites is 2. The molecule has 0 saturated carbocycles. The van der Waals surface area contributed by atoms with E-state index in [2.05, 4.69) is 27.8 Å². The number of benzene rings is 2. The van der Waals surface area contributed by atoms with E-state index in [1.807, 2.05) is 37.3 Å². The van der Waals surface area contributed by atoms with Gasteiger partial charge in [0.25, 0.3) is 5.91 Å². The summed E-state index contributed by atoms with van der Waals surface area (Å²) in [5.74, 6) is 2.31. The Labute approximate surface area is 171 Å². The molecule has 1 aliphatic rings. The minimum Gasteiger partial charge on any atom is -0.496 e. The van der Waals surface area contributed by atoms with E-state index in [-0.39, 0.29) is 12.5 Å². The summed E-state index contributed by atoms with van der Waals surface area (Å²) in [4.78, 5) is 18.3. The first-order chi connectivity index (χ1) is 14.1. The van der Waals surface area contributed by atoms with E-state index < -0.39 is 0 Å². The van der Waals surface area contributed by atoms with Crippen molar-refractivity contribution < 1.29 is 14.3 Å². The molecule has 29 heavy (non-hydrogen) atoms. The van der Waals surface area contributed by atoms with Gasteiger partial charge in [-0.1, -0.05) is 24.3 Å². The van der Waals surface area contributed by atoms with Gasteiger partial charge >= 0.3 is 0 Å². The Balaban J connectivity index is 1.48. The second kappa shape index (κ2) is 9.82. The first kappa shape index (κ1) is 20.5. The van der Waals surface area contributed by atoms with Gasteiger partial charge in [-0.15, -0.1) is 0 Å². The van der Waals surface area contributed by atoms with Gasteiger partial charge in [-0.05, 0) is 37.1 Å². The SMILES string of the molecule is CN=C(NCCCN1C(=O)COc2ccccc21)NCc1ccc(C)cc1OC. The molecule has 2 aromatic carbocycles. The van der Waals surface area contributed by atoms with E-state index in [1.54, 1.807) is 19.1 Å². The smallest absolute Gasteiger partial charge is 0.265 e. The third-order valence-electron chi connectivity index (χ3n) is 4.77. The third-order valence-corrected chi connectivity index (χ3v) is 4.77. The maximum atomic E-state index is 12.2. The fourth-order valence-corrected chi connectivity index (χ4v) is 3.24. The number of carbonyl (C=O) groups is 1. The molecule has 0 bridgehead atoms. The Morgan fingerprint density at radius 2 is 2.07 bits per heavy atom. The van der Waals surface area contributed by atoms with Crippen LogP contribution in [0.15, 0.2) is 47.5 Å². The summed E-state index contributed by atoms with van der Waals surface area (Å²) in [5.41, 5.74) is 3.06. The molecule has 0 fully saturated rings. The predicted octanol–water partition coefficient (Wildman–Crippen LogP) is 2.48. The summed E-state index contributed by atoms with van der Waals surface area (Å²) in [7, 11) is 3.42. The van der Waals surface area contributed by atoms with Gasteiger partial charge in [0.05, 0.1) is 12.8 Å². The molecule has 0 spiro atoms. The summed E-state index contributed by atoms with van der Waals surface area (Å²) in [6.07, 6.45) is 0.786. The average molecular weight is 396 g/mol.